The first kappa shape index (κ1) is 19.4. The maximum Gasteiger partial charge on any atom is 0.322 e. The number of anilines is 1. The number of nitrogens with one attached hydrogen (secondary N) is 2. The summed E-state index contributed by atoms with van der Waals surface area (Å²) in [5.74, 6) is -4.45. The molecule has 2 amide bonds. The van der Waals surface area contributed by atoms with E-state index in [1.54, 1.807) is 6.92 Å². The fourth-order valence-corrected chi connectivity index (χ4v) is 2.79. The maximum absolute atomic E-state index is 13.7. The van der Waals surface area contributed by atoms with Gasteiger partial charge in [0, 0.05) is 25.0 Å². The number of urea groups is 1. The minimum Gasteiger partial charge on any atom is -0.328 e. The number of hydrogen-bond acceptors (Lipinski definition) is 2. The smallest absolute Gasteiger partial charge is 0.322 e. The van der Waals surface area contributed by atoms with Crippen LogP contribution in [0.4, 0.5) is 28.0 Å². The van der Waals surface area contributed by atoms with Crippen LogP contribution in [0.15, 0.2) is 41.3 Å². The van der Waals surface area contributed by atoms with Crippen LogP contribution in [0.1, 0.15) is 18.5 Å². The molecule has 0 aliphatic carbocycles. The SMILES string of the molecule is C[C@H](c1c[nH]c(=O)c2cc(F)c(F)cc12)N(C)C(=O)Nc1ccc(F)c(F)c1. The van der Waals surface area contributed by atoms with Gasteiger partial charge in [0.05, 0.1) is 11.4 Å². The second-order valence-corrected chi connectivity index (χ2v) is 6.23. The number of amides is 2. The van der Waals surface area contributed by atoms with Crippen molar-refractivity contribution in [2.75, 3.05) is 12.4 Å². The first-order chi connectivity index (χ1) is 13.2. The summed E-state index contributed by atoms with van der Waals surface area (Å²) in [5, 5.41) is 2.51. The van der Waals surface area contributed by atoms with E-state index in [4.69, 9.17) is 0 Å². The lowest BCUT2D eigenvalue weighted by atomic mass is 10.0. The van der Waals surface area contributed by atoms with Crippen LogP contribution in [0, 0.1) is 23.3 Å². The molecule has 0 radical (unpaired) electrons. The van der Waals surface area contributed by atoms with Gasteiger partial charge in [0.15, 0.2) is 23.3 Å². The highest BCUT2D eigenvalue weighted by Crippen LogP contribution is 2.27. The van der Waals surface area contributed by atoms with Crippen LogP contribution in [0.5, 0.6) is 0 Å². The van der Waals surface area contributed by atoms with E-state index in [1.807, 2.05) is 0 Å². The van der Waals surface area contributed by atoms with Crippen molar-refractivity contribution in [3.05, 3.63) is 75.7 Å². The second-order valence-electron chi connectivity index (χ2n) is 6.23. The average molecular weight is 393 g/mol. The Morgan fingerprint density at radius 2 is 1.61 bits per heavy atom. The predicted octanol–water partition coefficient (Wildman–Crippen LogP) is 4.31. The molecule has 0 unspecified atom stereocenters. The zero-order valence-electron chi connectivity index (χ0n) is 14.8. The van der Waals surface area contributed by atoms with Crippen molar-refractivity contribution in [3.63, 3.8) is 0 Å². The predicted molar refractivity (Wildman–Crippen MR) is 96.0 cm³/mol. The lowest BCUT2D eigenvalue weighted by Crippen LogP contribution is -2.34. The van der Waals surface area contributed by atoms with Gasteiger partial charge in [-0.1, -0.05) is 0 Å². The highest BCUT2D eigenvalue weighted by Gasteiger charge is 2.21. The van der Waals surface area contributed by atoms with E-state index < -0.39 is 40.9 Å². The number of halogens is 4. The van der Waals surface area contributed by atoms with Crippen LogP contribution >= 0.6 is 0 Å². The van der Waals surface area contributed by atoms with Crippen LogP contribution in [0.3, 0.4) is 0 Å². The van der Waals surface area contributed by atoms with Crippen molar-refractivity contribution in [1.29, 1.82) is 0 Å². The third-order valence-electron chi connectivity index (χ3n) is 4.50. The quantitative estimate of drug-likeness (QED) is 0.652. The summed E-state index contributed by atoms with van der Waals surface area (Å²) in [5.41, 5.74) is -0.183. The minimum atomic E-state index is -1.16. The molecule has 0 saturated carbocycles. The Bertz CT molecular complexity index is 1130. The third kappa shape index (κ3) is 3.55. The fourth-order valence-electron chi connectivity index (χ4n) is 2.79. The standard InChI is InChI=1S/C19H15F4N3O2/c1-9(26(2)19(28)25-10-3-4-14(20)15(21)5-10)13-8-24-18(27)12-7-17(23)16(22)6-11(12)13/h3-9H,1-2H3,(H,24,27)(H,25,28)/t9-/m1/s1. The molecule has 1 atom stereocenters. The number of pyridine rings is 1. The molecule has 28 heavy (non-hydrogen) atoms. The van der Waals surface area contributed by atoms with Crippen LogP contribution in [0.25, 0.3) is 10.8 Å². The van der Waals surface area contributed by atoms with E-state index in [0.29, 0.717) is 5.56 Å². The third-order valence-corrected chi connectivity index (χ3v) is 4.50. The van der Waals surface area contributed by atoms with E-state index >= 15 is 0 Å². The first-order valence-electron chi connectivity index (χ1n) is 8.18. The van der Waals surface area contributed by atoms with Gasteiger partial charge in [-0.2, -0.15) is 0 Å². The topological polar surface area (TPSA) is 65.2 Å². The number of nitrogens with zero attached hydrogens (tertiary/aromatic N) is 1. The molecule has 2 N–H and O–H groups in total. The van der Waals surface area contributed by atoms with Crippen LogP contribution in [-0.2, 0) is 0 Å². The molecule has 0 aliphatic rings. The highest BCUT2D eigenvalue weighted by molar-refractivity contribution is 5.90. The van der Waals surface area contributed by atoms with E-state index in [-0.39, 0.29) is 16.5 Å². The van der Waals surface area contributed by atoms with Gasteiger partial charge < -0.3 is 15.2 Å². The Labute approximate surface area is 156 Å². The van der Waals surface area contributed by atoms with Gasteiger partial charge in [-0.15, -0.1) is 0 Å². The molecule has 0 bridgehead atoms. The molecule has 0 fully saturated rings. The molecule has 5 nitrogen and oxygen atoms in total. The summed E-state index contributed by atoms with van der Waals surface area (Å²) in [6.45, 7) is 1.61. The summed E-state index contributed by atoms with van der Waals surface area (Å²) < 4.78 is 53.5. The fraction of sp³-hybridized carbons (Fsp3) is 0.158. The number of carbonyl (C=O) groups is 1. The molecular weight excluding hydrogens is 378 g/mol. The molecule has 0 aliphatic heterocycles. The number of fused-ring (bicyclic) bond motifs is 1. The summed E-state index contributed by atoms with van der Waals surface area (Å²) in [6.07, 6.45) is 1.31. The molecule has 0 saturated heterocycles. The van der Waals surface area contributed by atoms with Crippen LogP contribution < -0.4 is 10.9 Å². The van der Waals surface area contributed by atoms with Crippen molar-refractivity contribution >= 4 is 22.5 Å². The Morgan fingerprint density at radius 1 is 1.00 bits per heavy atom. The number of benzene rings is 2. The molecule has 3 rings (SSSR count). The average Bonchev–Trinajstić information content (AvgIpc) is 2.65. The largest absolute Gasteiger partial charge is 0.328 e. The summed E-state index contributed by atoms with van der Waals surface area (Å²) >= 11 is 0. The number of rotatable bonds is 3. The Hall–Kier alpha value is -3.36. The van der Waals surface area contributed by atoms with Gasteiger partial charge in [-0.25, -0.2) is 22.4 Å². The normalized spacial score (nSPS) is 12.1. The van der Waals surface area contributed by atoms with Crippen molar-refractivity contribution in [3.8, 4) is 0 Å². The van der Waals surface area contributed by atoms with E-state index in [9.17, 15) is 27.2 Å². The van der Waals surface area contributed by atoms with Gasteiger partial charge in [0.2, 0.25) is 0 Å². The molecule has 9 heteroatoms. The first-order valence-corrected chi connectivity index (χ1v) is 8.18. The maximum atomic E-state index is 13.7. The van der Waals surface area contributed by atoms with Crippen LogP contribution in [-0.4, -0.2) is 23.0 Å². The number of H-pyrrole nitrogens is 1. The van der Waals surface area contributed by atoms with E-state index in [1.165, 1.54) is 24.2 Å². The van der Waals surface area contributed by atoms with Crippen molar-refractivity contribution in [1.82, 2.24) is 9.88 Å². The van der Waals surface area contributed by atoms with Gasteiger partial charge in [-0.05, 0) is 42.1 Å². The van der Waals surface area contributed by atoms with Crippen molar-refractivity contribution < 1.29 is 22.4 Å². The lowest BCUT2D eigenvalue weighted by molar-refractivity contribution is 0.208. The van der Waals surface area contributed by atoms with Crippen molar-refractivity contribution in [2.24, 2.45) is 0 Å². The van der Waals surface area contributed by atoms with E-state index in [2.05, 4.69) is 10.3 Å². The number of aromatic nitrogens is 1. The molecule has 1 heterocycles. The molecule has 2 aromatic carbocycles. The lowest BCUT2D eigenvalue weighted by Gasteiger charge is -2.26. The van der Waals surface area contributed by atoms with E-state index in [0.717, 1.165) is 24.3 Å². The summed E-state index contributed by atoms with van der Waals surface area (Å²) in [7, 11) is 1.43. The zero-order valence-corrected chi connectivity index (χ0v) is 14.8. The minimum absolute atomic E-state index is 0.0439. The molecule has 146 valence electrons. The number of hydrogen-bond donors (Lipinski definition) is 2. The molecular formula is C19H15F4N3O2. The molecule has 1 aromatic heterocycles. The van der Waals surface area contributed by atoms with Gasteiger partial charge >= 0.3 is 6.03 Å². The highest BCUT2D eigenvalue weighted by atomic mass is 19.2. The second kappa shape index (κ2) is 7.34. The molecule has 0 spiro atoms. The number of aromatic amines is 1. The van der Waals surface area contributed by atoms with Gasteiger partial charge in [0.25, 0.3) is 5.56 Å². The number of carbonyl (C=O) groups excluding carboxylic acids is 1. The Balaban J connectivity index is 1.92. The van der Waals surface area contributed by atoms with Crippen molar-refractivity contribution in [2.45, 2.75) is 13.0 Å². The Kier molecular flexibility index (Phi) is 5.08. The monoisotopic (exact) mass is 393 g/mol. The van der Waals surface area contributed by atoms with Gasteiger partial charge in [-0.3, -0.25) is 4.79 Å². The Morgan fingerprint density at radius 3 is 2.25 bits per heavy atom. The van der Waals surface area contributed by atoms with Gasteiger partial charge in [0.1, 0.15) is 0 Å². The summed E-state index contributed by atoms with van der Waals surface area (Å²) in [4.78, 5) is 28.0. The molecule has 3 aromatic rings. The zero-order chi connectivity index (χ0) is 20.6. The summed E-state index contributed by atoms with van der Waals surface area (Å²) in [6, 6.07) is 3.27. The van der Waals surface area contributed by atoms with Crippen LogP contribution in [0.2, 0.25) is 0 Å².